The minimum atomic E-state index is 0.122. The Balaban J connectivity index is 1.57. The van der Waals surface area contributed by atoms with Gasteiger partial charge in [-0.25, -0.2) is 0 Å². The maximum Gasteiger partial charge on any atom is 0.227 e. The number of piperidine rings is 1. The zero-order valence-electron chi connectivity index (χ0n) is 13.2. The third-order valence-electron chi connectivity index (χ3n) is 5.44. The third-order valence-corrected chi connectivity index (χ3v) is 5.44. The molecule has 2 heterocycles. The Bertz CT molecular complexity index is 632. The number of likely N-dealkylation sites (tertiary alicyclic amines) is 1. The van der Waals surface area contributed by atoms with E-state index in [1.165, 1.54) is 0 Å². The maximum atomic E-state index is 12.8. The first-order valence-electron chi connectivity index (χ1n) is 8.58. The molecule has 0 bridgehead atoms. The van der Waals surface area contributed by atoms with E-state index in [0.29, 0.717) is 6.42 Å². The summed E-state index contributed by atoms with van der Waals surface area (Å²) in [7, 11) is 0. The van der Waals surface area contributed by atoms with Crippen molar-refractivity contribution in [1.82, 2.24) is 4.90 Å². The second kappa shape index (κ2) is 5.84. The summed E-state index contributed by atoms with van der Waals surface area (Å²) in [5, 5.41) is 0. The molecule has 0 aromatic heterocycles. The van der Waals surface area contributed by atoms with Crippen LogP contribution in [0.15, 0.2) is 42.5 Å². The summed E-state index contributed by atoms with van der Waals surface area (Å²) in [6, 6.07) is 10.2. The summed E-state index contributed by atoms with van der Waals surface area (Å²) in [5.41, 5.74) is 0.962. The number of fused-ring (bicyclic) bond motifs is 1. The van der Waals surface area contributed by atoms with Gasteiger partial charge in [0.2, 0.25) is 11.8 Å². The highest BCUT2D eigenvalue weighted by molar-refractivity contribution is 5.95. The van der Waals surface area contributed by atoms with Crippen molar-refractivity contribution in [2.45, 2.75) is 44.2 Å². The lowest BCUT2D eigenvalue weighted by atomic mass is 9.94. The van der Waals surface area contributed by atoms with Crippen molar-refractivity contribution < 1.29 is 9.59 Å². The van der Waals surface area contributed by atoms with Crippen molar-refractivity contribution in [3.05, 3.63) is 42.5 Å². The van der Waals surface area contributed by atoms with Crippen LogP contribution in [0.2, 0.25) is 0 Å². The first kappa shape index (κ1) is 14.5. The SMILES string of the molecule is O=C(C1CC=CC1)N1CC[C@H]2[C@@H]1CCC(=O)N2c1ccccc1. The van der Waals surface area contributed by atoms with Crippen LogP contribution >= 0.6 is 0 Å². The Morgan fingerprint density at radius 1 is 1.00 bits per heavy atom. The van der Waals surface area contributed by atoms with Crippen LogP contribution in [0.5, 0.6) is 0 Å². The van der Waals surface area contributed by atoms with Gasteiger partial charge in [0.05, 0.1) is 12.1 Å². The summed E-state index contributed by atoms with van der Waals surface area (Å²) >= 11 is 0. The van der Waals surface area contributed by atoms with E-state index in [-0.39, 0.29) is 29.8 Å². The zero-order chi connectivity index (χ0) is 15.8. The highest BCUT2D eigenvalue weighted by Crippen LogP contribution is 2.36. The summed E-state index contributed by atoms with van der Waals surface area (Å²) in [5.74, 6) is 0.593. The molecule has 1 aromatic rings. The lowest BCUT2D eigenvalue weighted by Crippen LogP contribution is -2.54. The Morgan fingerprint density at radius 2 is 1.74 bits per heavy atom. The number of amides is 2. The Hall–Kier alpha value is -2.10. The van der Waals surface area contributed by atoms with E-state index in [1.807, 2.05) is 35.2 Å². The van der Waals surface area contributed by atoms with Crippen molar-refractivity contribution in [2.24, 2.45) is 5.92 Å². The predicted octanol–water partition coefficient (Wildman–Crippen LogP) is 2.75. The largest absolute Gasteiger partial charge is 0.337 e. The van der Waals surface area contributed by atoms with E-state index in [9.17, 15) is 9.59 Å². The summed E-state index contributed by atoms with van der Waals surface area (Å²) < 4.78 is 0. The van der Waals surface area contributed by atoms with Crippen LogP contribution in [-0.4, -0.2) is 35.3 Å². The normalized spacial score (nSPS) is 27.6. The number of anilines is 1. The fraction of sp³-hybridized carbons (Fsp3) is 0.474. The molecule has 2 amide bonds. The third kappa shape index (κ3) is 2.46. The van der Waals surface area contributed by atoms with Gasteiger partial charge in [-0.05, 0) is 37.8 Å². The highest BCUT2D eigenvalue weighted by Gasteiger charge is 2.46. The van der Waals surface area contributed by atoms with Gasteiger partial charge in [0.15, 0.2) is 0 Å². The van der Waals surface area contributed by atoms with E-state index in [0.717, 1.165) is 37.9 Å². The first-order chi connectivity index (χ1) is 11.3. The lowest BCUT2D eigenvalue weighted by molar-refractivity contribution is -0.137. The molecule has 0 spiro atoms. The lowest BCUT2D eigenvalue weighted by Gasteiger charge is -2.40. The van der Waals surface area contributed by atoms with Crippen LogP contribution in [0.1, 0.15) is 32.1 Å². The van der Waals surface area contributed by atoms with Gasteiger partial charge in [0, 0.05) is 24.6 Å². The molecule has 23 heavy (non-hydrogen) atoms. The van der Waals surface area contributed by atoms with E-state index in [1.54, 1.807) is 0 Å². The second-order valence-electron chi connectivity index (χ2n) is 6.73. The quantitative estimate of drug-likeness (QED) is 0.788. The number of hydrogen-bond donors (Lipinski definition) is 0. The van der Waals surface area contributed by atoms with E-state index < -0.39 is 0 Å². The van der Waals surface area contributed by atoms with Crippen molar-refractivity contribution >= 4 is 17.5 Å². The molecular formula is C19H22N2O2. The molecule has 2 aliphatic heterocycles. The molecule has 0 saturated carbocycles. The van der Waals surface area contributed by atoms with Gasteiger partial charge < -0.3 is 9.80 Å². The fourth-order valence-electron chi connectivity index (χ4n) is 4.31. The molecular weight excluding hydrogens is 288 g/mol. The number of allylic oxidation sites excluding steroid dienone is 2. The number of para-hydroxylation sites is 1. The van der Waals surface area contributed by atoms with Crippen molar-refractivity contribution in [2.75, 3.05) is 11.4 Å². The minimum Gasteiger partial charge on any atom is -0.337 e. The van der Waals surface area contributed by atoms with Gasteiger partial charge in [-0.3, -0.25) is 9.59 Å². The van der Waals surface area contributed by atoms with Crippen LogP contribution in [0.3, 0.4) is 0 Å². The molecule has 4 nitrogen and oxygen atoms in total. The standard InChI is InChI=1S/C19H22N2O2/c22-18-11-10-16-17(21(18)15-8-2-1-3-9-15)12-13-20(16)19(23)14-6-4-5-7-14/h1-5,8-9,14,16-17H,6-7,10-13H2/t16-,17-/m0/s1. The molecule has 0 N–H and O–H groups in total. The van der Waals surface area contributed by atoms with Crippen molar-refractivity contribution in [1.29, 1.82) is 0 Å². The van der Waals surface area contributed by atoms with Crippen molar-refractivity contribution in [3.63, 3.8) is 0 Å². The monoisotopic (exact) mass is 310 g/mol. The van der Waals surface area contributed by atoms with Crippen molar-refractivity contribution in [3.8, 4) is 0 Å². The topological polar surface area (TPSA) is 40.6 Å². The summed E-state index contributed by atoms with van der Waals surface area (Å²) in [4.78, 5) is 29.3. The number of carbonyl (C=O) groups excluding carboxylic acids is 2. The van der Waals surface area contributed by atoms with Crippen LogP contribution in [-0.2, 0) is 9.59 Å². The zero-order valence-corrected chi connectivity index (χ0v) is 13.2. The van der Waals surface area contributed by atoms with Gasteiger partial charge in [0.1, 0.15) is 0 Å². The smallest absolute Gasteiger partial charge is 0.227 e. The van der Waals surface area contributed by atoms with Gasteiger partial charge >= 0.3 is 0 Å². The highest BCUT2D eigenvalue weighted by atomic mass is 16.2. The molecule has 0 radical (unpaired) electrons. The predicted molar refractivity (Wildman–Crippen MR) is 88.9 cm³/mol. The number of hydrogen-bond acceptors (Lipinski definition) is 2. The fourth-order valence-corrected chi connectivity index (χ4v) is 4.31. The molecule has 3 aliphatic rings. The minimum absolute atomic E-state index is 0.122. The second-order valence-corrected chi connectivity index (χ2v) is 6.73. The van der Waals surface area contributed by atoms with Gasteiger partial charge in [-0.15, -0.1) is 0 Å². The first-order valence-corrected chi connectivity index (χ1v) is 8.58. The van der Waals surface area contributed by atoms with Gasteiger partial charge in [0.25, 0.3) is 0 Å². The van der Waals surface area contributed by atoms with E-state index in [2.05, 4.69) is 17.1 Å². The van der Waals surface area contributed by atoms with Crippen LogP contribution in [0.25, 0.3) is 0 Å². The maximum absolute atomic E-state index is 12.8. The average molecular weight is 310 g/mol. The van der Waals surface area contributed by atoms with E-state index >= 15 is 0 Å². The molecule has 4 rings (SSSR count). The van der Waals surface area contributed by atoms with Crippen LogP contribution < -0.4 is 4.90 Å². The number of nitrogens with zero attached hydrogens (tertiary/aromatic N) is 2. The molecule has 2 saturated heterocycles. The molecule has 2 atom stereocenters. The Kier molecular flexibility index (Phi) is 3.68. The van der Waals surface area contributed by atoms with E-state index in [4.69, 9.17) is 0 Å². The van der Waals surface area contributed by atoms with Crippen LogP contribution in [0, 0.1) is 5.92 Å². The molecule has 0 unspecified atom stereocenters. The summed E-state index contributed by atoms with van der Waals surface area (Å²) in [6.07, 6.45) is 8.17. The summed E-state index contributed by atoms with van der Waals surface area (Å²) in [6.45, 7) is 0.779. The molecule has 2 fully saturated rings. The number of carbonyl (C=O) groups is 2. The van der Waals surface area contributed by atoms with Crippen LogP contribution in [0.4, 0.5) is 5.69 Å². The number of benzene rings is 1. The van der Waals surface area contributed by atoms with Gasteiger partial charge in [-0.2, -0.15) is 0 Å². The average Bonchev–Trinajstić information content (AvgIpc) is 3.24. The van der Waals surface area contributed by atoms with Gasteiger partial charge in [-0.1, -0.05) is 30.4 Å². The number of rotatable bonds is 2. The Morgan fingerprint density at radius 3 is 2.48 bits per heavy atom. The molecule has 120 valence electrons. The Labute approximate surface area is 136 Å². The molecule has 4 heteroatoms. The molecule has 1 aliphatic carbocycles. The molecule has 1 aromatic carbocycles.